The smallest absolute Gasteiger partial charge is 0.160 e. The van der Waals surface area contributed by atoms with Crippen LogP contribution in [0.25, 0.3) is 0 Å². The molecule has 0 unspecified atom stereocenters. The minimum atomic E-state index is 0.0948. The van der Waals surface area contributed by atoms with Gasteiger partial charge in [0.15, 0.2) is 5.82 Å². The molecule has 0 aliphatic rings. The van der Waals surface area contributed by atoms with Gasteiger partial charge in [0, 0.05) is 0 Å². The third kappa shape index (κ3) is 1.68. The van der Waals surface area contributed by atoms with Crippen LogP contribution in [0.5, 0.6) is 0 Å². The Hall–Kier alpha value is -1.02. The van der Waals surface area contributed by atoms with Crippen LogP contribution >= 0.6 is 23.2 Å². The lowest BCUT2D eigenvalue weighted by molar-refractivity contribution is 1.19. The minimum absolute atomic E-state index is 0.0948. The number of anilines is 1. The van der Waals surface area contributed by atoms with E-state index in [0.717, 1.165) is 0 Å². The third-order valence-electron chi connectivity index (χ3n) is 1.58. The fourth-order valence-corrected chi connectivity index (χ4v) is 1.33. The Morgan fingerprint density at radius 2 is 2.15 bits per heavy atom. The Labute approximate surface area is 85.2 Å². The van der Waals surface area contributed by atoms with E-state index < -0.39 is 0 Å². The van der Waals surface area contributed by atoms with Crippen molar-refractivity contribution in [1.82, 2.24) is 4.98 Å². The molecule has 0 amide bonds. The number of aromatic nitrogens is 1. The van der Waals surface area contributed by atoms with E-state index in [1.165, 1.54) is 0 Å². The first-order chi connectivity index (χ1) is 6.11. The van der Waals surface area contributed by atoms with Crippen molar-refractivity contribution in [2.24, 2.45) is 5.84 Å². The Morgan fingerprint density at radius 1 is 1.54 bits per heavy atom. The first kappa shape index (κ1) is 10.1. The highest BCUT2D eigenvalue weighted by Gasteiger charge is 2.13. The molecule has 4 nitrogen and oxygen atoms in total. The van der Waals surface area contributed by atoms with Crippen molar-refractivity contribution in [2.45, 2.75) is 6.92 Å². The average molecular weight is 217 g/mol. The molecule has 1 aromatic rings. The van der Waals surface area contributed by atoms with Crippen molar-refractivity contribution in [3.05, 3.63) is 21.3 Å². The summed E-state index contributed by atoms with van der Waals surface area (Å²) in [4.78, 5) is 3.80. The number of nitrogens with zero attached hydrogens (tertiary/aromatic N) is 2. The third-order valence-corrected chi connectivity index (χ3v) is 2.31. The number of hydrogen-bond acceptors (Lipinski definition) is 4. The van der Waals surface area contributed by atoms with E-state index in [9.17, 15) is 0 Å². The van der Waals surface area contributed by atoms with Crippen LogP contribution in [0.3, 0.4) is 0 Å². The summed E-state index contributed by atoms with van der Waals surface area (Å²) < 4.78 is 0. The molecule has 6 heteroatoms. The standard InChI is InChI=1S/C7H6Cl2N4/c1-3-4(2-10)6(9)12-7(13-11)5(3)8/h11H2,1H3,(H,12,13). The van der Waals surface area contributed by atoms with Crippen molar-refractivity contribution in [3.63, 3.8) is 0 Å². The van der Waals surface area contributed by atoms with Gasteiger partial charge in [0.05, 0.1) is 10.6 Å². The van der Waals surface area contributed by atoms with Gasteiger partial charge < -0.3 is 5.43 Å². The minimum Gasteiger partial charge on any atom is -0.307 e. The first-order valence-corrected chi connectivity index (χ1v) is 4.09. The topological polar surface area (TPSA) is 74.7 Å². The SMILES string of the molecule is Cc1c(Cl)c(NN)nc(Cl)c1C#N. The molecule has 0 saturated heterocycles. The van der Waals surface area contributed by atoms with Gasteiger partial charge in [0.2, 0.25) is 0 Å². The Bertz CT molecular complexity index is 382. The predicted octanol–water partition coefficient (Wildman–Crippen LogP) is 1.85. The Balaban J connectivity index is 3.48. The monoisotopic (exact) mass is 216 g/mol. The second kappa shape index (κ2) is 3.79. The molecule has 0 aromatic carbocycles. The van der Waals surface area contributed by atoms with Crippen LogP contribution in [0.1, 0.15) is 11.1 Å². The zero-order chi connectivity index (χ0) is 10.0. The highest BCUT2D eigenvalue weighted by Crippen LogP contribution is 2.29. The number of nitrogens with two attached hydrogens (primary N) is 1. The van der Waals surface area contributed by atoms with Crippen molar-refractivity contribution >= 4 is 29.0 Å². The lowest BCUT2D eigenvalue weighted by Crippen LogP contribution is -2.10. The molecule has 0 atom stereocenters. The van der Waals surface area contributed by atoms with Crippen molar-refractivity contribution in [2.75, 3.05) is 5.43 Å². The number of halogens is 2. The van der Waals surface area contributed by atoms with Crippen LogP contribution in [-0.2, 0) is 0 Å². The lowest BCUT2D eigenvalue weighted by atomic mass is 10.2. The highest BCUT2D eigenvalue weighted by molar-refractivity contribution is 6.35. The molecular weight excluding hydrogens is 211 g/mol. The van der Waals surface area contributed by atoms with Gasteiger partial charge in [-0.2, -0.15) is 5.26 Å². The van der Waals surface area contributed by atoms with Gasteiger partial charge in [0.1, 0.15) is 11.2 Å². The van der Waals surface area contributed by atoms with Gasteiger partial charge in [-0.3, -0.25) is 0 Å². The van der Waals surface area contributed by atoms with E-state index in [4.69, 9.17) is 34.3 Å². The molecule has 1 rings (SSSR count). The van der Waals surface area contributed by atoms with Crippen molar-refractivity contribution < 1.29 is 0 Å². The first-order valence-electron chi connectivity index (χ1n) is 3.34. The summed E-state index contributed by atoms with van der Waals surface area (Å²) in [6.07, 6.45) is 0. The van der Waals surface area contributed by atoms with Crippen LogP contribution in [0.2, 0.25) is 10.2 Å². The summed E-state index contributed by atoms with van der Waals surface area (Å²) in [6, 6.07) is 1.91. The van der Waals surface area contributed by atoms with Crippen LogP contribution < -0.4 is 11.3 Å². The van der Waals surface area contributed by atoms with Gasteiger partial charge in [-0.1, -0.05) is 23.2 Å². The molecule has 0 saturated carbocycles. The quantitative estimate of drug-likeness (QED) is 0.427. The Kier molecular flexibility index (Phi) is 2.94. The van der Waals surface area contributed by atoms with E-state index in [1.807, 2.05) is 6.07 Å². The largest absolute Gasteiger partial charge is 0.307 e. The fourth-order valence-electron chi connectivity index (χ4n) is 0.871. The van der Waals surface area contributed by atoms with Crippen LogP contribution in [0.15, 0.2) is 0 Å². The number of hydrogen-bond donors (Lipinski definition) is 2. The number of nitrogens with one attached hydrogen (secondary N) is 1. The second-order valence-electron chi connectivity index (χ2n) is 2.32. The van der Waals surface area contributed by atoms with E-state index in [0.29, 0.717) is 10.6 Å². The van der Waals surface area contributed by atoms with Gasteiger partial charge in [0.25, 0.3) is 0 Å². The van der Waals surface area contributed by atoms with Crippen LogP contribution in [-0.4, -0.2) is 4.98 Å². The second-order valence-corrected chi connectivity index (χ2v) is 3.06. The van der Waals surface area contributed by atoms with E-state index in [-0.39, 0.29) is 16.5 Å². The number of pyridine rings is 1. The molecule has 0 aliphatic carbocycles. The van der Waals surface area contributed by atoms with Crippen molar-refractivity contribution in [3.8, 4) is 6.07 Å². The Morgan fingerprint density at radius 3 is 2.62 bits per heavy atom. The zero-order valence-corrected chi connectivity index (χ0v) is 8.24. The maximum Gasteiger partial charge on any atom is 0.160 e. The average Bonchev–Trinajstić information content (AvgIpc) is 2.12. The predicted molar refractivity (Wildman–Crippen MR) is 51.5 cm³/mol. The number of rotatable bonds is 1. The summed E-state index contributed by atoms with van der Waals surface area (Å²) in [5.74, 6) is 5.41. The van der Waals surface area contributed by atoms with E-state index in [2.05, 4.69) is 10.4 Å². The van der Waals surface area contributed by atoms with Crippen LogP contribution in [0, 0.1) is 18.3 Å². The summed E-state index contributed by atoms with van der Waals surface area (Å²) >= 11 is 11.5. The number of hydrazine groups is 1. The summed E-state index contributed by atoms with van der Waals surface area (Å²) in [7, 11) is 0. The maximum absolute atomic E-state index is 8.70. The van der Waals surface area contributed by atoms with Gasteiger partial charge in [-0.15, -0.1) is 0 Å². The number of nitriles is 1. The molecule has 1 heterocycles. The normalized spacial score (nSPS) is 9.46. The fraction of sp³-hybridized carbons (Fsp3) is 0.143. The molecule has 0 bridgehead atoms. The zero-order valence-electron chi connectivity index (χ0n) is 6.73. The van der Waals surface area contributed by atoms with Crippen molar-refractivity contribution in [1.29, 1.82) is 5.26 Å². The molecule has 0 aliphatic heterocycles. The summed E-state index contributed by atoms with van der Waals surface area (Å²) in [5.41, 5.74) is 3.13. The summed E-state index contributed by atoms with van der Waals surface area (Å²) in [6.45, 7) is 1.68. The van der Waals surface area contributed by atoms with Gasteiger partial charge >= 0.3 is 0 Å². The molecule has 3 N–H and O–H groups in total. The molecule has 13 heavy (non-hydrogen) atoms. The van der Waals surface area contributed by atoms with Gasteiger partial charge in [-0.05, 0) is 12.5 Å². The van der Waals surface area contributed by atoms with E-state index in [1.54, 1.807) is 6.92 Å². The van der Waals surface area contributed by atoms with Crippen LogP contribution in [0.4, 0.5) is 5.82 Å². The molecule has 1 aromatic heterocycles. The van der Waals surface area contributed by atoms with E-state index >= 15 is 0 Å². The molecule has 0 spiro atoms. The lowest BCUT2D eigenvalue weighted by Gasteiger charge is -2.07. The molecule has 0 fully saturated rings. The molecule has 0 radical (unpaired) electrons. The maximum atomic E-state index is 8.70. The summed E-state index contributed by atoms with van der Waals surface area (Å²) in [5, 5.41) is 9.11. The molecule has 68 valence electrons. The number of nitrogen functional groups attached to an aromatic ring is 1. The van der Waals surface area contributed by atoms with Gasteiger partial charge in [-0.25, -0.2) is 10.8 Å². The molecular formula is C7H6Cl2N4. The highest BCUT2D eigenvalue weighted by atomic mass is 35.5.